The lowest BCUT2D eigenvalue weighted by Crippen LogP contribution is -2.35. The van der Waals surface area contributed by atoms with Crippen molar-refractivity contribution in [3.63, 3.8) is 0 Å². The molecule has 1 N–H and O–H groups in total. The lowest BCUT2D eigenvalue weighted by Gasteiger charge is -2.25. The molecule has 0 spiro atoms. The first-order valence-electron chi connectivity index (χ1n) is 6.84. The quantitative estimate of drug-likeness (QED) is 0.834. The molecule has 0 aromatic carbocycles. The number of hydrogen-bond donors (Lipinski definition) is 1. The predicted molar refractivity (Wildman–Crippen MR) is 64.1 cm³/mol. The van der Waals surface area contributed by atoms with Gasteiger partial charge < -0.3 is 14.6 Å². The van der Waals surface area contributed by atoms with Gasteiger partial charge in [-0.1, -0.05) is 0 Å². The normalized spacial score (nSPS) is 22.9. The molecule has 1 atom stereocenters. The van der Waals surface area contributed by atoms with Gasteiger partial charge in [0.2, 0.25) is 0 Å². The molecule has 1 unspecified atom stereocenters. The molecule has 1 aromatic heterocycles. The molecule has 112 valence electrons. The third-order valence-corrected chi connectivity index (χ3v) is 3.66. The maximum Gasteiger partial charge on any atom is 0.411 e. The topological polar surface area (TPSA) is 52.0 Å². The molecule has 20 heavy (non-hydrogen) atoms. The number of fused-ring (bicyclic) bond motifs is 1. The third-order valence-electron chi connectivity index (χ3n) is 3.66. The fourth-order valence-corrected chi connectivity index (χ4v) is 2.59. The Morgan fingerprint density at radius 2 is 2.10 bits per heavy atom. The summed E-state index contributed by atoms with van der Waals surface area (Å²) >= 11 is 0. The summed E-state index contributed by atoms with van der Waals surface area (Å²) in [6, 6.07) is 0.251. The number of aromatic nitrogens is 3. The van der Waals surface area contributed by atoms with Crippen LogP contribution < -0.4 is 5.32 Å². The summed E-state index contributed by atoms with van der Waals surface area (Å²) in [5.41, 5.74) is 0. The fourth-order valence-electron chi connectivity index (χ4n) is 2.59. The van der Waals surface area contributed by atoms with Gasteiger partial charge in [0.05, 0.1) is 12.6 Å². The lowest BCUT2D eigenvalue weighted by molar-refractivity contribution is -0.173. The minimum Gasteiger partial charge on any atom is -0.372 e. The minimum atomic E-state index is -4.27. The van der Waals surface area contributed by atoms with E-state index in [1.165, 1.54) is 12.8 Å². The van der Waals surface area contributed by atoms with Crippen molar-refractivity contribution in [2.24, 2.45) is 5.92 Å². The van der Waals surface area contributed by atoms with Gasteiger partial charge in [-0.15, -0.1) is 10.2 Å². The Morgan fingerprint density at radius 1 is 1.30 bits per heavy atom. The van der Waals surface area contributed by atoms with E-state index < -0.39 is 12.8 Å². The number of alkyl halides is 3. The Labute approximate surface area is 114 Å². The molecule has 8 heteroatoms. The van der Waals surface area contributed by atoms with Crippen molar-refractivity contribution in [1.82, 2.24) is 20.1 Å². The first-order chi connectivity index (χ1) is 9.54. The van der Waals surface area contributed by atoms with Gasteiger partial charge in [0.1, 0.15) is 12.4 Å². The maximum absolute atomic E-state index is 12.0. The molecule has 0 radical (unpaired) electrons. The largest absolute Gasteiger partial charge is 0.411 e. The number of ether oxygens (including phenoxy) is 1. The Morgan fingerprint density at radius 3 is 2.80 bits per heavy atom. The van der Waals surface area contributed by atoms with Crippen LogP contribution in [0.25, 0.3) is 0 Å². The number of hydrogen-bond acceptors (Lipinski definition) is 4. The van der Waals surface area contributed by atoms with Crippen LogP contribution in [0.2, 0.25) is 0 Å². The predicted octanol–water partition coefficient (Wildman–Crippen LogP) is 1.45. The number of rotatable bonds is 5. The summed E-state index contributed by atoms with van der Waals surface area (Å²) < 4.78 is 42.6. The van der Waals surface area contributed by atoms with Crippen molar-refractivity contribution < 1.29 is 17.9 Å². The highest BCUT2D eigenvalue weighted by molar-refractivity contribution is 5.08. The molecule has 1 aliphatic heterocycles. The fraction of sp³-hybridized carbons (Fsp3) is 0.833. The Bertz CT molecular complexity index is 470. The van der Waals surface area contributed by atoms with Crippen molar-refractivity contribution in [1.29, 1.82) is 0 Å². The zero-order valence-corrected chi connectivity index (χ0v) is 11.0. The van der Waals surface area contributed by atoms with E-state index in [-0.39, 0.29) is 12.6 Å². The van der Waals surface area contributed by atoms with E-state index in [4.69, 9.17) is 0 Å². The van der Waals surface area contributed by atoms with E-state index >= 15 is 0 Å². The number of halogens is 3. The Hall–Kier alpha value is -1.15. The summed E-state index contributed by atoms with van der Waals surface area (Å²) in [4.78, 5) is 0. The summed E-state index contributed by atoms with van der Waals surface area (Å²) in [5, 5.41) is 11.7. The second-order valence-corrected chi connectivity index (χ2v) is 5.31. The Kier molecular flexibility index (Phi) is 3.68. The van der Waals surface area contributed by atoms with E-state index in [0.717, 1.165) is 18.9 Å². The van der Waals surface area contributed by atoms with Crippen molar-refractivity contribution in [2.75, 3.05) is 19.8 Å². The van der Waals surface area contributed by atoms with Crippen LogP contribution in [-0.4, -0.2) is 40.7 Å². The van der Waals surface area contributed by atoms with E-state index in [1.807, 2.05) is 4.57 Å². The van der Waals surface area contributed by atoms with Gasteiger partial charge in [-0.25, -0.2) is 0 Å². The average Bonchev–Trinajstić information content (AvgIpc) is 3.14. The highest BCUT2D eigenvalue weighted by Crippen LogP contribution is 2.41. The average molecular weight is 290 g/mol. The van der Waals surface area contributed by atoms with Crippen molar-refractivity contribution in [3.05, 3.63) is 11.6 Å². The summed E-state index contributed by atoms with van der Waals surface area (Å²) in [6.07, 6.45) is -1.51. The standard InChI is InChI=1S/C12H17F3N4O/c13-12(14,15)7-20-6-3-9-17-18-11-10(8-1-2-8)16-4-5-19(9)11/h8,10,16H,1-7H2. The van der Waals surface area contributed by atoms with Gasteiger partial charge in [0, 0.05) is 19.5 Å². The van der Waals surface area contributed by atoms with Crippen molar-refractivity contribution in [3.8, 4) is 0 Å². The number of nitrogens with zero attached hydrogens (tertiary/aromatic N) is 3. The zero-order chi connectivity index (χ0) is 14.2. The molecular formula is C12H17F3N4O. The summed E-state index contributed by atoms with van der Waals surface area (Å²) in [5.74, 6) is 2.27. The summed E-state index contributed by atoms with van der Waals surface area (Å²) in [6.45, 7) is 0.419. The summed E-state index contributed by atoms with van der Waals surface area (Å²) in [7, 11) is 0. The van der Waals surface area contributed by atoms with Crippen LogP contribution in [-0.2, 0) is 17.7 Å². The maximum atomic E-state index is 12.0. The van der Waals surface area contributed by atoms with Gasteiger partial charge in [0.15, 0.2) is 5.82 Å². The van der Waals surface area contributed by atoms with Crippen LogP contribution in [0.1, 0.15) is 30.5 Å². The molecule has 1 saturated carbocycles. The Balaban J connectivity index is 1.58. The van der Waals surface area contributed by atoms with E-state index in [0.29, 0.717) is 18.2 Å². The first-order valence-corrected chi connectivity index (χ1v) is 6.84. The van der Waals surface area contributed by atoms with Gasteiger partial charge >= 0.3 is 6.18 Å². The van der Waals surface area contributed by atoms with Gasteiger partial charge in [-0.2, -0.15) is 13.2 Å². The zero-order valence-electron chi connectivity index (χ0n) is 11.0. The van der Waals surface area contributed by atoms with Crippen molar-refractivity contribution in [2.45, 2.75) is 38.0 Å². The van der Waals surface area contributed by atoms with Gasteiger partial charge in [0.25, 0.3) is 0 Å². The van der Waals surface area contributed by atoms with Crippen molar-refractivity contribution >= 4 is 0 Å². The molecule has 3 rings (SSSR count). The van der Waals surface area contributed by atoms with Crippen LogP contribution >= 0.6 is 0 Å². The smallest absolute Gasteiger partial charge is 0.372 e. The molecule has 5 nitrogen and oxygen atoms in total. The number of nitrogens with one attached hydrogen (secondary N) is 1. The third kappa shape index (κ3) is 3.12. The first kappa shape index (κ1) is 13.8. The lowest BCUT2D eigenvalue weighted by atomic mass is 10.1. The second-order valence-electron chi connectivity index (χ2n) is 5.31. The van der Waals surface area contributed by atoms with Crippen LogP contribution in [0, 0.1) is 5.92 Å². The van der Waals surface area contributed by atoms with Crippen LogP contribution in [0.15, 0.2) is 0 Å². The molecule has 1 fully saturated rings. The van der Waals surface area contributed by atoms with Crippen LogP contribution in [0.4, 0.5) is 13.2 Å². The highest BCUT2D eigenvalue weighted by Gasteiger charge is 2.37. The molecule has 1 aliphatic carbocycles. The minimum absolute atomic E-state index is 0.0131. The molecule has 2 aliphatic rings. The monoisotopic (exact) mass is 290 g/mol. The molecule has 0 saturated heterocycles. The van der Waals surface area contributed by atoms with Crippen LogP contribution in [0.5, 0.6) is 0 Å². The van der Waals surface area contributed by atoms with Crippen LogP contribution in [0.3, 0.4) is 0 Å². The molecule has 1 aromatic rings. The second kappa shape index (κ2) is 5.33. The van der Waals surface area contributed by atoms with Gasteiger partial charge in [-0.05, 0) is 18.8 Å². The molecular weight excluding hydrogens is 273 g/mol. The van der Waals surface area contributed by atoms with E-state index in [1.54, 1.807) is 0 Å². The van der Waals surface area contributed by atoms with E-state index in [9.17, 15) is 13.2 Å². The SMILES string of the molecule is FC(F)(F)COCCc1nnc2n1CCNC2C1CC1. The highest BCUT2D eigenvalue weighted by atomic mass is 19.4. The van der Waals surface area contributed by atoms with E-state index in [2.05, 4.69) is 20.3 Å². The van der Waals surface area contributed by atoms with Gasteiger partial charge in [-0.3, -0.25) is 0 Å². The molecule has 2 heterocycles. The molecule has 0 bridgehead atoms. The molecule has 0 amide bonds.